The largest absolute Gasteiger partial charge is 0.493 e. The van der Waals surface area contributed by atoms with Crippen LogP contribution in [0.4, 0.5) is 0 Å². The topological polar surface area (TPSA) is 64.6 Å². The normalized spacial score (nSPS) is 17.8. The van der Waals surface area contributed by atoms with Gasteiger partial charge in [-0.1, -0.05) is 61.4 Å². The van der Waals surface area contributed by atoms with E-state index in [0.717, 1.165) is 31.2 Å². The molecular formula is C28H29NO4. The fourth-order valence-electron chi connectivity index (χ4n) is 4.57. The van der Waals surface area contributed by atoms with E-state index in [4.69, 9.17) is 9.47 Å². The summed E-state index contributed by atoms with van der Waals surface area (Å²) in [6.45, 7) is 0. The minimum atomic E-state index is -0.119. The Morgan fingerprint density at radius 3 is 2.09 bits per heavy atom. The van der Waals surface area contributed by atoms with Gasteiger partial charge in [-0.05, 0) is 42.7 Å². The first kappa shape index (κ1) is 22.6. The Labute approximate surface area is 194 Å². The Morgan fingerprint density at radius 2 is 1.39 bits per heavy atom. The first-order valence-corrected chi connectivity index (χ1v) is 11.3. The molecular weight excluding hydrogens is 414 g/mol. The van der Waals surface area contributed by atoms with Crippen molar-refractivity contribution in [3.05, 3.63) is 95.1 Å². The summed E-state index contributed by atoms with van der Waals surface area (Å²) >= 11 is 0. The van der Waals surface area contributed by atoms with E-state index in [0.29, 0.717) is 28.2 Å². The zero-order valence-electron chi connectivity index (χ0n) is 19.0. The van der Waals surface area contributed by atoms with E-state index in [9.17, 15) is 9.59 Å². The van der Waals surface area contributed by atoms with Crippen LogP contribution in [0.2, 0.25) is 0 Å². The lowest BCUT2D eigenvalue weighted by molar-refractivity contribution is 0.0919. The number of benzene rings is 3. The molecule has 0 bridgehead atoms. The van der Waals surface area contributed by atoms with E-state index in [2.05, 4.69) is 11.4 Å². The quantitative estimate of drug-likeness (QED) is 0.497. The number of amides is 1. The van der Waals surface area contributed by atoms with Crippen LogP contribution in [0, 0.1) is 0 Å². The Kier molecular flexibility index (Phi) is 7.08. The van der Waals surface area contributed by atoms with Crippen molar-refractivity contribution in [3.63, 3.8) is 0 Å². The van der Waals surface area contributed by atoms with Crippen molar-refractivity contribution >= 4 is 11.7 Å². The lowest BCUT2D eigenvalue weighted by Crippen LogP contribution is -2.41. The average molecular weight is 444 g/mol. The SMILES string of the molecule is COc1ccc([C@H]2CCCC[C@H]2NC(=O)c2ccc(C(=O)c3ccccc3)cc2)cc1OC. The third-order valence-corrected chi connectivity index (χ3v) is 6.36. The molecule has 0 unspecified atom stereocenters. The molecule has 5 nitrogen and oxygen atoms in total. The van der Waals surface area contributed by atoms with Gasteiger partial charge < -0.3 is 14.8 Å². The molecule has 1 saturated carbocycles. The van der Waals surface area contributed by atoms with Crippen LogP contribution < -0.4 is 14.8 Å². The number of carbonyl (C=O) groups excluding carboxylic acids is 2. The molecule has 0 aromatic heterocycles. The number of rotatable bonds is 7. The van der Waals surface area contributed by atoms with E-state index in [1.54, 1.807) is 50.6 Å². The summed E-state index contributed by atoms with van der Waals surface area (Å²) in [5.41, 5.74) is 2.89. The molecule has 0 spiro atoms. The van der Waals surface area contributed by atoms with E-state index in [1.165, 1.54) is 0 Å². The predicted octanol–water partition coefficient (Wildman–Crippen LogP) is 5.39. The molecule has 1 fully saturated rings. The van der Waals surface area contributed by atoms with Crippen molar-refractivity contribution in [3.8, 4) is 11.5 Å². The number of carbonyl (C=O) groups is 2. The number of hydrogen-bond acceptors (Lipinski definition) is 4. The van der Waals surface area contributed by atoms with Gasteiger partial charge in [0.1, 0.15) is 0 Å². The molecule has 0 saturated heterocycles. The number of hydrogen-bond donors (Lipinski definition) is 1. The first-order chi connectivity index (χ1) is 16.1. The van der Waals surface area contributed by atoms with Crippen LogP contribution in [0.1, 0.15) is 63.4 Å². The van der Waals surface area contributed by atoms with E-state index >= 15 is 0 Å². The molecule has 4 rings (SSSR count). The summed E-state index contributed by atoms with van der Waals surface area (Å²) in [5.74, 6) is 1.43. The van der Waals surface area contributed by atoms with Crippen LogP contribution in [0.5, 0.6) is 11.5 Å². The number of ketones is 1. The molecule has 3 aromatic carbocycles. The predicted molar refractivity (Wildman–Crippen MR) is 128 cm³/mol. The smallest absolute Gasteiger partial charge is 0.251 e. The lowest BCUT2D eigenvalue weighted by Gasteiger charge is -2.33. The minimum Gasteiger partial charge on any atom is -0.493 e. The summed E-state index contributed by atoms with van der Waals surface area (Å²) < 4.78 is 10.8. The summed E-state index contributed by atoms with van der Waals surface area (Å²) in [6.07, 6.45) is 4.14. The maximum atomic E-state index is 13.0. The van der Waals surface area contributed by atoms with Gasteiger partial charge in [0, 0.05) is 28.7 Å². The molecule has 5 heteroatoms. The Bertz CT molecular complexity index is 1110. The molecule has 0 heterocycles. The molecule has 33 heavy (non-hydrogen) atoms. The standard InChI is InChI=1S/C28H29NO4/c1-32-25-17-16-22(18-26(25)33-2)23-10-6-7-11-24(23)29-28(31)21-14-12-20(13-15-21)27(30)19-8-4-3-5-9-19/h3-5,8-9,12-18,23-24H,6-7,10-11H2,1-2H3,(H,29,31)/t23-,24-/m1/s1. The second kappa shape index (κ2) is 10.3. The van der Waals surface area contributed by atoms with E-state index in [-0.39, 0.29) is 23.7 Å². The minimum absolute atomic E-state index is 0.0370. The second-order valence-electron chi connectivity index (χ2n) is 8.36. The molecule has 170 valence electrons. The third kappa shape index (κ3) is 5.08. The highest BCUT2D eigenvalue weighted by Crippen LogP contribution is 2.37. The zero-order valence-corrected chi connectivity index (χ0v) is 19.0. The van der Waals surface area contributed by atoms with Gasteiger partial charge in [-0.3, -0.25) is 9.59 Å². The summed E-state index contributed by atoms with van der Waals surface area (Å²) in [7, 11) is 3.26. The Morgan fingerprint density at radius 1 is 0.758 bits per heavy atom. The van der Waals surface area contributed by atoms with Gasteiger partial charge in [-0.25, -0.2) is 0 Å². The van der Waals surface area contributed by atoms with Crippen molar-refractivity contribution < 1.29 is 19.1 Å². The molecule has 1 aliphatic rings. The van der Waals surface area contributed by atoms with Gasteiger partial charge in [-0.2, -0.15) is 0 Å². The Balaban J connectivity index is 1.48. The van der Waals surface area contributed by atoms with Crippen molar-refractivity contribution in [2.75, 3.05) is 14.2 Å². The fourth-order valence-corrected chi connectivity index (χ4v) is 4.57. The monoisotopic (exact) mass is 443 g/mol. The van der Waals surface area contributed by atoms with Crippen LogP contribution in [0.15, 0.2) is 72.8 Å². The van der Waals surface area contributed by atoms with E-state index in [1.807, 2.05) is 30.3 Å². The molecule has 0 radical (unpaired) electrons. The molecule has 0 aliphatic heterocycles. The zero-order chi connectivity index (χ0) is 23.2. The van der Waals surface area contributed by atoms with Crippen LogP contribution in [0.3, 0.4) is 0 Å². The number of ether oxygens (including phenoxy) is 2. The van der Waals surface area contributed by atoms with Gasteiger partial charge in [0.15, 0.2) is 17.3 Å². The number of nitrogens with one attached hydrogen (secondary N) is 1. The van der Waals surface area contributed by atoms with Crippen LogP contribution in [-0.2, 0) is 0 Å². The average Bonchev–Trinajstić information content (AvgIpc) is 2.88. The lowest BCUT2D eigenvalue weighted by atomic mass is 9.79. The molecule has 2 atom stereocenters. The van der Waals surface area contributed by atoms with E-state index < -0.39 is 0 Å². The third-order valence-electron chi connectivity index (χ3n) is 6.36. The van der Waals surface area contributed by atoms with Gasteiger partial charge in [0.25, 0.3) is 5.91 Å². The van der Waals surface area contributed by atoms with Crippen LogP contribution in [-0.4, -0.2) is 32.0 Å². The number of methoxy groups -OCH3 is 2. The van der Waals surface area contributed by atoms with Crippen molar-refractivity contribution in [1.82, 2.24) is 5.32 Å². The molecule has 3 aromatic rings. The summed E-state index contributed by atoms with van der Waals surface area (Å²) in [6, 6.07) is 22.1. The summed E-state index contributed by atoms with van der Waals surface area (Å²) in [4.78, 5) is 25.6. The summed E-state index contributed by atoms with van der Waals surface area (Å²) in [5, 5.41) is 3.23. The van der Waals surface area contributed by atoms with Crippen molar-refractivity contribution in [1.29, 1.82) is 0 Å². The van der Waals surface area contributed by atoms with Crippen molar-refractivity contribution in [2.45, 2.75) is 37.6 Å². The maximum Gasteiger partial charge on any atom is 0.251 e. The highest BCUT2D eigenvalue weighted by atomic mass is 16.5. The Hall–Kier alpha value is -3.60. The van der Waals surface area contributed by atoms with Crippen LogP contribution in [0.25, 0.3) is 0 Å². The van der Waals surface area contributed by atoms with Crippen molar-refractivity contribution in [2.24, 2.45) is 0 Å². The van der Waals surface area contributed by atoms with Gasteiger partial charge >= 0.3 is 0 Å². The van der Waals surface area contributed by atoms with Gasteiger partial charge in [-0.15, -0.1) is 0 Å². The fraction of sp³-hybridized carbons (Fsp3) is 0.286. The van der Waals surface area contributed by atoms with Gasteiger partial charge in [0.05, 0.1) is 14.2 Å². The van der Waals surface area contributed by atoms with Gasteiger partial charge in [0.2, 0.25) is 0 Å². The molecule has 1 amide bonds. The highest BCUT2D eigenvalue weighted by Gasteiger charge is 2.29. The van der Waals surface area contributed by atoms with Crippen LogP contribution >= 0.6 is 0 Å². The molecule has 1 N–H and O–H groups in total. The first-order valence-electron chi connectivity index (χ1n) is 11.3. The maximum absolute atomic E-state index is 13.0. The molecule has 1 aliphatic carbocycles. The second-order valence-corrected chi connectivity index (χ2v) is 8.36. The highest BCUT2D eigenvalue weighted by molar-refractivity contribution is 6.09.